The van der Waals surface area contributed by atoms with E-state index in [0.717, 1.165) is 36.8 Å². The Labute approximate surface area is 89.2 Å². The topological polar surface area (TPSA) is 50.2 Å². The van der Waals surface area contributed by atoms with Crippen molar-refractivity contribution in [3.63, 3.8) is 0 Å². The molecule has 0 spiro atoms. The van der Waals surface area contributed by atoms with Gasteiger partial charge in [-0.15, -0.1) is 0 Å². The van der Waals surface area contributed by atoms with Crippen LogP contribution in [-0.2, 0) is 16.6 Å². The Balaban J connectivity index is 2.47. The zero-order valence-corrected chi connectivity index (χ0v) is 8.86. The molecular weight excluding hydrogens is 190 g/mol. The van der Waals surface area contributed by atoms with Crippen LogP contribution in [0.3, 0.4) is 0 Å². The Bertz CT molecular complexity index is 383. The maximum Gasteiger partial charge on any atom is 0.314 e. The molecule has 0 amide bonds. The van der Waals surface area contributed by atoms with Gasteiger partial charge in [0.1, 0.15) is 0 Å². The molecule has 1 aromatic heterocycles. The number of carboxylic acid groups (broad SMARTS) is 1. The first-order valence-corrected chi connectivity index (χ1v) is 5.37. The van der Waals surface area contributed by atoms with Crippen LogP contribution in [-0.4, -0.2) is 16.1 Å². The van der Waals surface area contributed by atoms with Crippen LogP contribution in [0.5, 0.6) is 0 Å². The van der Waals surface area contributed by atoms with Crippen LogP contribution in [0.25, 0.3) is 0 Å². The highest BCUT2D eigenvalue weighted by Crippen LogP contribution is 2.45. The predicted molar refractivity (Wildman–Crippen MR) is 56.8 cm³/mol. The van der Waals surface area contributed by atoms with Crippen LogP contribution >= 0.6 is 0 Å². The van der Waals surface area contributed by atoms with Gasteiger partial charge in [-0.05, 0) is 36.5 Å². The molecule has 1 aromatic rings. The summed E-state index contributed by atoms with van der Waals surface area (Å²) in [4.78, 5) is 15.4. The third-order valence-corrected chi connectivity index (χ3v) is 3.42. The van der Waals surface area contributed by atoms with Gasteiger partial charge in [0.15, 0.2) is 0 Å². The molecule has 3 nitrogen and oxygen atoms in total. The van der Waals surface area contributed by atoms with Gasteiger partial charge in [0.25, 0.3) is 0 Å². The fourth-order valence-electron chi connectivity index (χ4n) is 2.30. The summed E-state index contributed by atoms with van der Waals surface area (Å²) in [6.07, 6.45) is 6.87. The lowest BCUT2D eigenvalue weighted by molar-refractivity contribution is -0.147. The van der Waals surface area contributed by atoms with E-state index < -0.39 is 11.4 Å². The minimum atomic E-state index is -0.686. The van der Waals surface area contributed by atoms with Crippen LogP contribution < -0.4 is 0 Å². The van der Waals surface area contributed by atoms with Crippen LogP contribution in [0.4, 0.5) is 0 Å². The van der Waals surface area contributed by atoms with Gasteiger partial charge in [-0.25, -0.2) is 0 Å². The molecule has 0 bridgehead atoms. The van der Waals surface area contributed by atoms with Crippen molar-refractivity contribution in [1.29, 1.82) is 0 Å². The van der Waals surface area contributed by atoms with Gasteiger partial charge in [-0.1, -0.05) is 13.3 Å². The lowest BCUT2D eigenvalue weighted by Crippen LogP contribution is -2.43. The first-order valence-electron chi connectivity index (χ1n) is 5.37. The molecule has 1 N–H and O–H groups in total. The van der Waals surface area contributed by atoms with E-state index in [9.17, 15) is 9.90 Å². The molecule has 3 heteroatoms. The van der Waals surface area contributed by atoms with E-state index in [1.165, 1.54) is 0 Å². The van der Waals surface area contributed by atoms with Gasteiger partial charge < -0.3 is 5.11 Å². The number of hydrogen-bond acceptors (Lipinski definition) is 2. The summed E-state index contributed by atoms with van der Waals surface area (Å²) in [6, 6.07) is 1.87. The molecule has 15 heavy (non-hydrogen) atoms. The molecule has 0 aliphatic heterocycles. The summed E-state index contributed by atoms with van der Waals surface area (Å²) in [5.74, 6) is -0.686. The third kappa shape index (κ3) is 1.42. The van der Waals surface area contributed by atoms with Gasteiger partial charge in [-0.2, -0.15) is 0 Å². The second-order valence-corrected chi connectivity index (χ2v) is 4.13. The molecule has 80 valence electrons. The summed E-state index contributed by atoms with van der Waals surface area (Å²) in [7, 11) is 0. The van der Waals surface area contributed by atoms with Gasteiger partial charge in [0.05, 0.1) is 5.41 Å². The maximum atomic E-state index is 11.4. The number of rotatable bonds is 3. The smallest absolute Gasteiger partial charge is 0.314 e. The molecule has 0 unspecified atom stereocenters. The number of carboxylic acids is 1. The predicted octanol–water partition coefficient (Wildman–Crippen LogP) is 2.15. The Hall–Kier alpha value is -1.38. The lowest BCUT2D eigenvalue weighted by atomic mass is 9.63. The molecule has 0 aromatic carbocycles. The molecule has 1 saturated carbocycles. The van der Waals surface area contributed by atoms with E-state index in [1.54, 1.807) is 12.4 Å². The van der Waals surface area contributed by atoms with E-state index in [4.69, 9.17) is 0 Å². The highest BCUT2D eigenvalue weighted by molar-refractivity contribution is 5.83. The van der Waals surface area contributed by atoms with Gasteiger partial charge in [-0.3, -0.25) is 9.78 Å². The fraction of sp³-hybridized carbons (Fsp3) is 0.500. The molecule has 0 saturated heterocycles. The van der Waals surface area contributed by atoms with Crippen LogP contribution in [0.1, 0.15) is 37.3 Å². The summed E-state index contributed by atoms with van der Waals surface area (Å²) in [5.41, 5.74) is 1.42. The Morgan fingerprint density at radius 2 is 2.33 bits per heavy atom. The standard InChI is InChI=1S/C12H15NO2/c1-2-9-8-13-7-4-10(9)12(11(14)15)5-3-6-12/h4,7-8H,2-3,5-6H2,1H3,(H,14,15). The van der Waals surface area contributed by atoms with Crippen molar-refractivity contribution < 1.29 is 9.90 Å². The van der Waals surface area contributed by atoms with E-state index in [1.807, 2.05) is 13.0 Å². The number of hydrogen-bond donors (Lipinski definition) is 1. The molecule has 1 aliphatic rings. The molecule has 1 heterocycles. The molecule has 1 fully saturated rings. The van der Waals surface area contributed by atoms with Crippen LogP contribution in [0.2, 0.25) is 0 Å². The van der Waals surface area contributed by atoms with Crippen LogP contribution in [0, 0.1) is 0 Å². The zero-order chi connectivity index (χ0) is 10.9. The first kappa shape index (κ1) is 10.1. The molecule has 0 radical (unpaired) electrons. The molecule has 1 aliphatic carbocycles. The molecule has 2 rings (SSSR count). The molecular formula is C12H15NO2. The van der Waals surface area contributed by atoms with Crippen molar-refractivity contribution >= 4 is 5.97 Å². The number of pyridine rings is 1. The Morgan fingerprint density at radius 3 is 2.80 bits per heavy atom. The summed E-state index contributed by atoms with van der Waals surface area (Å²) >= 11 is 0. The highest BCUT2D eigenvalue weighted by Gasteiger charge is 2.46. The third-order valence-electron chi connectivity index (χ3n) is 3.42. The average molecular weight is 205 g/mol. The fourth-order valence-corrected chi connectivity index (χ4v) is 2.30. The van der Waals surface area contributed by atoms with Gasteiger partial charge >= 0.3 is 5.97 Å². The minimum absolute atomic E-state index is 0.617. The largest absolute Gasteiger partial charge is 0.481 e. The van der Waals surface area contributed by atoms with Crippen molar-refractivity contribution in [3.8, 4) is 0 Å². The van der Waals surface area contributed by atoms with Crippen LogP contribution in [0.15, 0.2) is 18.5 Å². The lowest BCUT2D eigenvalue weighted by Gasteiger charge is -2.39. The number of aromatic nitrogens is 1. The highest BCUT2D eigenvalue weighted by atomic mass is 16.4. The van der Waals surface area contributed by atoms with Gasteiger partial charge in [0, 0.05) is 12.4 Å². The minimum Gasteiger partial charge on any atom is -0.481 e. The van der Waals surface area contributed by atoms with Crippen molar-refractivity contribution in [2.75, 3.05) is 0 Å². The second kappa shape index (κ2) is 3.65. The van der Waals surface area contributed by atoms with E-state index in [2.05, 4.69) is 4.98 Å². The number of aryl methyl sites for hydroxylation is 1. The SMILES string of the molecule is CCc1cnccc1C1(C(=O)O)CCC1. The summed E-state index contributed by atoms with van der Waals surface area (Å²) < 4.78 is 0. The zero-order valence-electron chi connectivity index (χ0n) is 8.86. The van der Waals surface area contributed by atoms with Crippen molar-refractivity contribution in [2.24, 2.45) is 0 Å². The number of aliphatic carboxylic acids is 1. The second-order valence-electron chi connectivity index (χ2n) is 4.13. The normalized spacial score (nSPS) is 18.2. The van der Waals surface area contributed by atoms with E-state index in [-0.39, 0.29) is 0 Å². The van der Waals surface area contributed by atoms with Gasteiger partial charge in [0.2, 0.25) is 0 Å². The summed E-state index contributed by atoms with van der Waals surface area (Å²) in [6.45, 7) is 2.04. The van der Waals surface area contributed by atoms with Crippen molar-refractivity contribution in [1.82, 2.24) is 4.98 Å². The van der Waals surface area contributed by atoms with Crippen molar-refractivity contribution in [2.45, 2.75) is 38.0 Å². The Morgan fingerprint density at radius 1 is 1.60 bits per heavy atom. The summed E-state index contributed by atoms with van der Waals surface area (Å²) in [5, 5.41) is 9.34. The Kier molecular flexibility index (Phi) is 2.47. The van der Waals surface area contributed by atoms with E-state index >= 15 is 0 Å². The molecule has 0 atom stereocenters. The number of carbonyl (C=O) groups is 1. The quantitative estimate of drug-likeness (QED) is 0.822. The van der Waals surface area contributed by atoms with Crippen molar-refractivity contribution in [3.05, 3.63) is 29.6 Å². The maximum absolute atomic E-state index is 11.4. The monoisotopic (exact) mass is 205 g/mol. The number of nitrogens with zero attached hydrogens (tertiary/aromatic N) is 1. The van der Waals surface area contributed by atoms with E-state index in [0.29, 0.717) is 0 Å². The average Bonchev–Trinajstić information content (AvgIpc) is 2.16. The first-order chi connectivity index (χ1) is 7.20.